The number of nitrogens with one attached hydrogen (secondary N) is 1. The first kappa shape index (κ1) is 12.3. The summed E-state index contributed by atoms with van der Waals surface area (Å²) in [6.07, 6.45) is 10.6. The van der Waals surface area contributed by atoms with Crippen LogP contribution in [-0.2, 0) is 0 Å². The van der Waals surface area contributed by atoms with Gasteiger partial charge in [0.05, 0.1) is 0 Å². The molecule has 1 heterocycles. The number of rotatable bonds is 4. The summed E-state index contributed by atoms with van der Waals surface area (Å²) >= 11 is 0. The second kappa shape index (κ2) is 5.96. The van der Waals surface area contributed by atoms with Crippen LogP contribution in [0.25, 0.3) is 0 Å². The van der Waals surface area contributed by atoms with Gasteiger partial charge in [-0.25, -0.2) is 9.97 Å². The molecule has 1 aromatic heterocycles. The Hall–Kier alpha value is -1.16. The Labute approximate surface area is 103 Å². The van der Waals surface area contributed by atoms with Gasteiger partial charge in [0.1, 0.15) is 0 Å². The van der Waals surface area contributed by atoms with E-state index in [-0.39, 0.29) is 6.04 Å². The molecule has 1 aliphatic carbocycles. The average molecular weight is 234 g/mol. The Kier molecular flexibility index (Phi) is 4.31. The van der Waals surface area contributed by atoms with Crippen LogP contribution in [-0.4, -0.2) is 22.6 Å². The topological polar surface area (TPSA) is 63.8 Å². The molecule has 0 aromatic carbocycles. The maximum atomic E-state index is 5.55. The molecule has 4 heteroatoms. The summed E-state index contributed by atoms with van der Waals surface area (Å²) in [7, 11) is 0. The zero-order valence-corrected chi connectivity index (χ0v) is 10.5. The Bertz CT molecular complexity index is 330. The molecule has 2 rings (SSSR count). The molecule has 1 aromatic rings. The van der Waals surface area contributed by atoms with Crippen molar-refractivity contribution in [1.82, 2.24) is 9.97 Å². The number of hydrogen-bond acceptors (Lipinski definition) is 4. The van der Waals surface area contributed by atoms with Gasteiger partial charge >= 0.3 is 0 Å². The van der Waals surface area contributed by atoms with E-state index in [9.17, 15) is 0 Å². The lowest BCUT2D eigenvalue weighted by molar-refractivity contribution is 0.442. The van der Waals surface area contributed by atoms with E-state index in [1.54, 1.807) is 0 Å². The Morgan fingerprint density at radius 3 is 2.53 bits per heavy atom. The van der Waals surface area contributed by atoms with Crippen LogP contribution in [0.5, 0.6) is 0 Å². The van der Waals surface area contributed by atoms with E-state index >= 15 is 0 Å². The summed E-state index contributed by atoms with van der Waals surface area (Å²) in [5, 5.41) is 3.17. The highest BCUT2D eigenvalue weighted by Crippen LogP contribution is 2.31. The van der Waals surface area contributed by atoms with Crippen LogP contribution in [0.15, 0.2) is 12.4 Å². The quantitative estimate of drug-likeness (QED) is 0.839. The van der Waals surface area contributed by atoms with Gasteiger partial charge in [0.15, 0.2) is 0 Å². The van der Waals surface area contributed by atoms with Gasteiger partial charge in [0.2, 0.25) is 5.95 Å². The predicted molar refractivity (Wildman–Crippen MR) is 70.0 cm³/mol. The summed E-state index contributed by atoms with van der Waals surface area (Å²) < 4.78 is 0. The first-order chi connectivity index (χ1) is 8.29. The van der Waals surface area contributed by atoms with Crippen LogP contribution in [0, 0.1) is 0 Å². The molecule has 3 N–H and O–H groups in total. The summed E-state index contributed by atoms with van der Waals surface area (Å²) in [6, 6.07) is 0.218. The van der Waals surface area contributed by atoms with Gasteiger partial charge in [-0.05, 0) is 31.2 Å². The first-order valence-electron chi connectivity index (χ1n) is 6.58. The van der Waals surface area contributed by atoms with Crippen molar-refractivity contribution in [2.45, 2.75) is 51.0 Å². The fourth-order valence-corrected chi connectivity index (χ4v) is 2.34. The highest BCUT2D eigenvalue weighted by molar-refractivity contribution is 5.27. The summed E-state index contributed by atoms with van der Waals surface area (Å²) in [4.78, 5) is 8.73. The van der Waals surface area contributed by atoms with Crippen LogP contribution in [0.2, 0.25) is 0 Å². The van der Waals surface area contributed by atoms with Crippen molar-refractivity contribution in [1.29, 1.82) is 0 Å². The lowest BCUT2D eigenvalue weighted by Crippen LogP contribution is -2.26. The van der Waals surface area contributed by atoms with E-state index in [2.05, 4.69) is 15.3 Å². The molecule has 0 amide bonds. The number of nitrogens with zero attached hydrogens (tertiary/aromatic N) is 2. The van der Waals surface area contributed by atoms with E-state index in [4.69, 9.17) is 5.73 Å². The van der Waals surface area contributed by atoms with Gasteiger partial charge in [-0.15, -0.1) is 0 Å². The highest BCUT2D eigenvalue weighted by atomic mass is 15.1. The second-order valence-corrected chi connectivity index (χ2v) is 4.96. The number of nitrogens with two attached hydrogens (primary N) is 1. The lowest BCUT2D eigenvalue weighted by Gasteiger charge is -2.21. The molecule has 1 saturated carbocycles. The van der Waals surface area contributed by atoms with Gasteiger partial charge in [-0.1, -0.05) is 19.3 Å². The van der Waals surface area contributed by atoms with Crippen molar-refractivity contribution in [3.8, 4) is 0 Å². The molecule has 1 aliphatic rings. The van der Waals surface area contributed by atoms with Crippen LogP contribution >= 0.6 is 0 Å². The van der Waals surface area contributed by atoms with Gasteiger partial charge in [-0.2, -0.15) is 0 Å². The van der Waals surface area contributed by atoms with E-state index in [0.717, 1.165) is 0 Å². The highest BCUT2D eigenvalue weighted by Gasteiger charge is 2.16. The zero-order valence-electron chi connectivity index (χ0n) is 10.5. The van der Waals surface area contributed by atoms with Crippen molar-refractivity contribution in [3.05, 3.63) is 18.0 Å². The van der Waals surface area contributed by atoms with E-state index in [1.165, 1.54) is 37.7 Å². The monoisotopic (exact) mass is 234 g/mol. The molecule has 94 valence electrons. The minimum absolute atomic E-state index is 0.218. The van der Waals surface area contributed by atoms with E-state index < -0.39 is 0 Å². The van der Waals surface area contributed by atoms with E-state index in [0.29, 0.717) is 18.4 Å². The molecule has 1 atom stereocenters. The largest absolute Gasteiger partial charge is 0.351 e. The van der Waals surface area contributed by atoms with Gasteiger partial charge in [-0.3, -0.25) is 0 Å². The molecule has 0 spiro atoms. The minimum atomic E-state index is 0.218. The average Bonchev–Trinajstić information content (AvgIpc) is 2.40. The summed E-state index contributed by atoms with van der Waals surface area (Å²) in [5.74, 6) is 1.35. The third-order valence-corrected chi connectivity index (χ3v) is 3.48. The molecule has 0 aliphatic heterocycles. The van der Waals surface area contributed by atoms with Crippen LogP contribution < -0.4 is 11.1 Å². The molecule has 17 heavy (non-hydrogen) atoms. The first-order valence-corrected chi connectivity index (χ1v) is 6.58. The van der Waals surface area contributed by atoms with Crippen molar-refractivity contribution in [3.63, 3.8) is 0 Å². The smallest absolute Gasteiger partial charge is 0.222 e. The maximum Gasteiger partial charge on any atom is 0.222 e. The number of anilines is 1. The van der Waals surface area contributed by atoms with Crippen molar-refractivity contribution >= 4 is 5.95 Å². The molecule has 4 nitrogen and oxygen atoms in total. The fourth-order valence-electron chi connectivity index (χ4n) is 2.34. The van der Waals surface area contributed by atoms with Crippen LogP contribution in [0.1, 0.15) is 50.5 Å². The summed E-state index contributed by atoms with van der Waals surface area (Å²) in [6.45, 7) is 2.62. The number of hydrogen-bond donors (Lipinski definition) is 2. The maximum absolute atomic E-state index is 5.55. The van der Waals surface area contributed by atoms with Crippen molar-refractivity contribution < 1.29 is 0 Å². The SMILES string of the molecule is CC(CN)Nc1ncc(C2CCCCC2)cn1. The fraction of sp³-hybridized carbons (Fsp3) is 0.692. The molecule has 0 saturated heterocycles. The van der Waals surface area contributed by atoms with Gasteiger partial charge in [0, 0.05) is 25.0 Å². The lowest BCUT2D eigenvalue weighted by atomic mass is 9.85. The Balaban J connectivity index is 1.97. The van der Waals surface area contributed by atoms with Crippen molar-refractivity contribution in [2.75, 3.05) is 11.9 Å². The molecular formula is C13H22N4. The Morgan fingerprint density at radius 1 is 1.29 bits per heavy atom. The zero-order chi connectivity index (χ0) is 12.1. The number of aromatic nitrogens is 2. The van der Waals surface area contributed by atoms with Crippen LogP contribution in [0.3, 0.4) is 0 Å². The predicted octanol–water partition coefficient (Wildman–Crippen LogP) is 2.28. The molecule has 0 radical (unpaired) electrons. The van der Waals surface area contributed by atoms with Gasteiger partial charge < -0.3 is 11.1 Å². The molecule has 1 fully saturated rings. The third-order valence-electron chi connectivity index (χ3n) is 3.48. The van der Waals surface area contributed by atoms with Crippen molar-refractivity contribution in [2.24, 2.45) is 5.73 Å². The Morgan fingerprint density at radius 2 is 1.94 bits per heavy atom. The molecule has 1 unspecified atom stereocenters. The molecular weight excluding hydrogens is 212 g/mol. The minimum Gasteiger partial charge on any atom is -0.351 e. The standard InChI is InChI=1S/C13H22N4/c1-10(7-14)17-13-15-8-12(9-16-13)11-5-3-2-4-6-11/h8-11H,2-7,14H2,1H3,(H,15,16,17). The normalized spacial score (nSPS) is 18.9. The van der Waals surface area contributed by atoms with E-state index in [1.807, 2.05) is 19.3 Å². The van der Waals surface area contributed by atoms with Gasteiger partial charge in [0.25, 0.3) is 0 Å². The van der Waals surface area contributed by atoms with Crippen LogP contribution in [0.4, 0.5) is 5.95 Å². The second-order valence-electron chi connectivity index (χ2n) is 4.96. The third kappa shape index (κ3) is 3.40. The molecule has 0 bridgehead atoms. The summed E-state index contributed by atoms with van der Waals surface area (Å²) in [5.41, 5.74) is 6.84.